The van der Waals surface area contributed by atoms with Crippen molar-refractivity contribution in [3.8, 4) is 17.1 Å². The van der Waals surface area contributed by atoms with Gasteiger partial charge in [-0.25, -0.2) is 9.97 Å². The smallest absolute Gasteiger partial charge is 0.222 e. The van der Waals surface area contributed by atoms with E-state index in [4.69, 9.17) is 16.3 Å². The van der Waals surface area contributed by atoms with Gasteiger partial charge in [0.15, 0.2) is 0 Å². The van der Waals surface area contributed by atoms with E-state index in [-0.39, 0.29) is 0 Å². The molecule has 0 atom stereocenters. The lowest BCUT2D eigenvalue weighted by Gasteiger charge is -2.10. The Hall–Kier alpha value is -1.94. The van der Waals surface area contributed by atoms with Gasteiger partial charge in [-0.3, -0.25) is 4.99 Å². The molecule has 0 saturated carbocycles. The average Bonchev–Trinajstić information content (AvgIpc) is 2.88. The second-order valence-corrected chi connectivity index (χ2v) is 4.52. The van der Waals surface area contributed by atoms with Crippen LogP contribution in [0.1, 0.15) is 18.2 Å². The largest absolute Gasteiger partial charge is 0.477 e. The topological polar surface area (TPSA) is 47.4 Å². The zero-order valence-electron chi connectivity index (χ0n) is 10.4. The second kappa shape index (κ2) is 4.97. The first-order chi connectivity index (χ1) is 9.29. The molecule has 1 aliphatic rings. The normalized spacial score (nSPS) is 12.5. The van der Waals surface area contributed by atoms with Crippen molar-refractivity contribution < 1.29 is 4.74 Å². The molecular formula is C14H12ClN3O. The highest BCUT2D eigenvalue weighted by atomic mass is 35.5. The van der Waals surface area contributed by atoms with Crippen LogP contribution in [0.4, 0.5) is 0 Å². The summed E-state index contributed by atoms with van der Waals surface area (Å²) >= 11 is 6.27. The summed E-state index contributed by atoms with van der Waals surface area (Å²) in [5.74, 6) is 0.573. The maximum absolute atomic E-state index is 6.27. The lowest BCUT2D eigenvalue weighted by atomic mass is 10.1. The summed E-state index contributed by atoms with van der Waals surface area (Å²) in [6, 6.07) is 5.62. The molecule has 0 radical (unpaired) electrons. The third-order valence-electron chi connectivity index (χ3n) is 2.89. The molecular weight excluding hydrogens is 262 g/mol. The van der Waals surface area contributed by atoms with Crippen molar-refractivity contribution in [3.05, 3.63) is 40.7 Å². The van der Waals surface area contributed by atoms with Crippen LogP contribution in [0.3, 0.4) is 0 Å². The van der Waals surface area contributed by atoms with Gasteiger partial charge < -0.3 is 4.74 Å². The Morgan fingerprint density at radius 2 is 2.32 bits per heavy atom. The van der Waals surface area contributed by atoms with Gasteiger partial charge in [0.2, 0.25) is 5.88 Å². The number of halogens is 1. The predicted octanol–water partition coefficient (Wildman–Crippen LogP) is 3.13. The SMILES string of the molecule is CCOc1ncccc1-c1cc(Cl)c2c(n1)C=NC2. The van der Waals surface area contributed by atoms with Crippen LogP contribution >= 0.6 is 11.6 Å². The maximum Gasteiger partial charge on any atom is 0.222 e. The average molecular weight is 274 g/mol. The Labute approximate surface area is 116 Å². The molecule has 0 aliphatic carbocycles. The molecule has 5 heteroatoms. The van der Waals surface area contributed by atoms with E-state index in [1.54, 1.807) is 12.4 Å². The van der Waals surface area contributed by atoms with Crippen LogP contribution in [-0.4, -0.2) is 22.8 Å². The summed E-state index contributed by atoms with van der Waals surface area (Å²) in [5, 5.41) is 0.684. The minimum atomic E-state index is 0.560. The number of nitrogens with zero attached hydrogens (tertiary/aromatic N) is 3. The van der Waals surface area contributed by atoms with Gasteiger partial charge in [-0.05, 0) is 25.1 Å². The predicted molar refractivity (Wildman–Crippen MR) is 74.9 cm³/mol. The van der Waals surface area contributed by atoms with Gasteiger partial charge in [-0.1, -0.05) is 11.6 Å². The molecule has 0 amide bonds. The van der Waals surface area contributed by atoms with Gasteiger partial charge in [0.25, 0.3) is 0 Å². The Bertz CT molecular complexity index is 655. The number of pyridine rings is 2. The summed E-state index contributed by atoms with van der Waals surface area (Å²) < 4.78 is 5.52. The standard InChI is InChI=1S/C14H12ClN3O/c1-2-19-14-9(4-3-5-17-14)12-6-11(15)10-7-16-8-13(10)18-12/h3-6,8H,2,7H2,1H3. The summed E-state index contributed by atoms with van der Waals surface area (Å²) in [6.07, 6.45) is 3.45. The maximum atomic E-state index is 6.27. The number of aromatic nitrogens is 2. The minimum Gasteiger partial charge on any atom is -0.477 e. The van der Waals surface area contributed by atoms with E-state index < -0.39 is 0 Å². The Balaban J connectivity index is 2.12. The van der Waals surface area contributed by atoms with E-state index >= 15 is 0 Å². The zero-order chi connectivity index (χ0) is 13.2. The van der Waals surface area contributed by atoms with Gasteiger partial charge in [-0.2, -0.15) is 0 Å². The van der Waals surface area contributed by atoms with E-state index in [1.165, 1.54) is 0 Å². The molecule has 0 N–H and O–H groups in total. The Morgan fingerprint density at radius 3 is 3.16 bits per heavy atom. The lowest BCUT2D eigenvalue weighted by molar-refractivity contribution is 0.328. The van der Waals surface area contributed by atoms with Crippen LogP contribution in [0.25, 0.3) is 11.3 Å². The molecule has 2 aromatic heterocycles. The van der Waals surface area contributed by atoms with E-state index in [0.717, 1.165) is 22.5 Å². The number of rotatable bonds is 3. The first-order valence-corrected chi connectivity index (χ1v) is 6.45. The molecule has 0 bridgehead atoms. The Kier molecular flexibility index (Phi) is 3.17. The number of fused-ring (bicyclic) bond motifs is 1. The monoisotopic (exact) mass is 273 g/mol. The molecule has 0 aromatic carbocycles. The molecule has 96 valence electrons. The zero-order valence-corrected chi connectivity index (χ0v) is 11.2. The minimum absolute atomic E-state index is 0.560. The van der Waals surface area contributed by atoms with Crippen LogP contribution in [-0.2, 0) is 6.54 Å². The van der Waals surface area contributed by atoms with Crippen LogP contribution in [0.5, 0.6) is 5.88 Å². The van der Waals surface area contributed by atoms with Crippen LogP contribution in [0.2, 0.25) is 5.02 Å². The van der Waals surface area contributed by atoms with Gasteiger partial charge in [-0.15, -0.1) is 0 Å². The quantitative estimate of drug-likeness (QED) is 0.863. The first-order valence-electron chi connectivity index (χ1n) is 6.07. The third-order valence-corrected chi connectivity index (χ3v) is 3.23. The number of hydrogen-bond acceptors (Lipinski definition) is 4. The van der Waals surface area contributed by atoms with Crippen LogP contribution in [0.15, 0.2) is 29.4 Å². The van der Waals surface area contributed by atoms with Crippen LogP contribution in [0, 0.1) is 0 Å². The van der Waals surface area contributed by atoms with Crippen molar-refractivity contribution >= 4 is 17.8 Å². The number of aliphatic imine (C=N–C) groups is 1. The van der Waals surface area contributed by atoms with E-state index in [9.17, 15) is 0 Å². The molecule has 19 heavy (non-hydrogen) atoms. The summed E-state index contributed by atoms with van der Waals surface area (Å²) in [6.45, 7) is 3.09. The van der Waals surface area contributed by atoms with E-state index in [0.29, 0.717) is 24.1 Å². The van der Waals surface area contributed by atoms with Gasteiger partial charge in [0.1, 0.15) is 0 Å². The van der Waals surface area contributed by atoms with Crippen molar-refractivity contribution in [2.45, 2.75) is 13.5 Å². The van der Waals surface area contributed by atoms with Crippen molar-refractivity contribution in [2.75, 3.05) is 6.61 Å². The summed E-state index contributed by atoms with van der Waals surface area (Å²) in [5.41, 5.74) is 3.41. The molecule has 2 aromatic rings. The number of ether oxygens (including phenoxy) is 1. The molecule has 3 heterocycles. The van der Waals surface area contributed by atoms with Crippen molar-refractivity contribution in [1.29, 1.82) is 0 Å². The van der Waals surface area contributed by atoms with Gasteiger partial charge in [0.05, 0.1) is 35.1 Å². The van der Waals surface area contributed by atoms with Crippen LogP contribution < -0.4 is 4.74 Å². The van der Waals surface area contributed by atoms with E-state index in [2.05, 4.69) is 15.0 Å². The highest BCUT2D eigenvalue weighted by molar-refractivity contribution is 6.32. The third kappa shape index (κ3) is 2.19. The molecule has 1 aliphatic heterocycles. The fourth-order valence-electron chi connectivity index (χ4n) is 2.02. The fraction of sp³-hybridized carbons (Fsp3) is 0.214. The molecule has 0 saturated heterocycles. The fourth-order valence-corrected chi connectivity index (χ4v) is 2.28. The number of hydrogen-bond donors (Lipinski definition) is 0. The van der Waals surface area contributed by atoms with E-state index in [1.807, 2.05) is 25.1 Å². The lowest BCUT2D eigenvalue weighted by Crippen LogP contribution is -1.99. The van der Waals surface area contributed by atoms with Crippen molar-refractivity contribution in [1.82, 2.24) is 9.97 Å². The molecule has 4 nitrogen and oxygen atoms in total. The van der Waals surface area contributed by atoms with Crippen molar-refractivity contribution in [3.63, 3.8) is 0 Å². The molecule has 0 unspecified atom stereocenters. The second-order valence-electron chi connectivity index (χ2n) is 4.11. The van der Waals surface area contributed by atoms with Gasteiger partial charge in [0, 0.05) is 18.0 Å². The molecule has 3 rings (SSSR count). The summed E-state index contributed by atoms with van der Waals surface area (Å²) in [7, 11) is 0. The van der Waals surface area contributed by atoms with Gasteiger partial charge >= 0.3 is 0 Å². The Morgan fingerprint density at radius 1 is 1.42 bits per heavy atom. The molecule has 0 fully saturated rings. The van der Waals surface area contributed by atoms with Crippen molar-refractivity contribution in [2.24, 2.45) is 4.99 Å². The molecule has 0 spiro atoms. The highest BCUT2D eigenvalue weighted by Crippen LogP contribution is 2.31. The highest BCUT2D eigenvalue weighted by Gasteiger charge is 2.16. The first kappa shape index (κ1) is 12.1. The summed E-state index contributed by atoms with van der Waals surface area (Å²) in [4.78, 5) is 13.0.